The van der Waals surface area contributed by atoms with Gasteiger partial charge in [-0.1, -0.05) is 6.42 Å². The summed E-state index contributed by atoms with van der Waals surface area (Å²) in [6.45, 7) is 6.95. The van der Waals surface area contributed by atoms with Crippen molar-refractivity contribution in [2.45, 2.75) is 58.1 Å². The summed E-state index contributed by atoms with van der Waals surface area (Å²) < 4.78 is 11.2. The summed E-state index contributed by atoms with van der Waals surface area (Å²) in [6.07, 6.45) is 6.41. The smallest absolute Gasteiger partial charge is 0.338 e. The SMILES string of the molecule is CC(C)Oc1ccc(C(=O)OC[C@H]2CCCN3CCCC[C@@H]23)cc1. The highest BCUT2D eigenvalue weighted by atomic mass is 16.5. The quantitative estimate of drug-likeness (QED) is 0.767. The van der Waals surface area contributed by atoms with Crippen molar-refractivity contribution in [2.24, 2.45) is 5.92 Å². The first-order valence-electron chi connectivity index (χ1n) is 9.31. The lowest BCUT2D eigenvalue weighted by molar-refractivity contribution is 0.00739. The molecule has 2 heterocycles. The number of carbonyl (C=O) groups is 1. The predicted octanol–water partition coefficient (Wildman–Crippen LogP) is 3.90. The minimum atomic E-state index is -0.223. The molecule has 2 saturated heterocycles. The van der Waals surface area contributed by atoms with Gasteiger partial charge in [-0.25, -0.2) is 4.79 Å². The van der Waals surface area contributed by atoms with Crippen LogP contribution in [-0.4, -0.2) is 42.7 Å². The molecule has 24 heavy (non-hydrogen) atoms. The number of benzene rings is 1. The Labute approximate surface area is 145 Å². The number of nitrogens with zero attached hydrogens (tertiary/aromatic N) is 1. The van der Waals surface area contributed by atoms with Gasteiger partial charge in [0.2, 0.25) is 0 Å². The Hall–Kier alpha value is -1.55. The van der Waals surface area contributed by atoms with Crippen LogP contribution in [0.4, 0.5) is 0 Å². The molecule has 2 aliphatic rings. The summed E-state index contributed by atoms with van der Waals surface area (Å²) >= 11 is 0. The molecule has 2 fully saturated rings. The lowest BCUT2D eigenvalue weighted by Crippen LogP contribution is -2.49. The van der Waals surface area contributed by atoms with Gasteiger partial charge in [-0.3, -0.25) is 4.90 Å². The van der Waals surface area contributed by atoms with Crippen molar-refractivity contribution in [1.82, 2.24) is 4.90 Å². The number of hydrogen-bond donors (Lipinski definition) is 0. The highest BCUT2D eigenvalue weighted by Crippen LogP contribution is 2.31. The van der Waals surface area contributed by atoms with E-state index in [1.54, 1.807) is 12.1 Å². The molecule has 0 amide bonds. The third-order valence-corrected chi connectivity index (χ3v) is 5.12. The minimum Gasteiger partial charge on any atom is -0.491 e. The maximum absolute atomic E-state index is 12.3. The molecule has 2 aliphatic heterocycles. The first-order valence-corrected chi connectivity index (χ1v) is 9.31. The minimum absolute atomic E-state index is 0.132. The van der Waals surface area contributed by atoms with Gasteiger partial charge in [0.1, 0.15) is 5.75 Å². The van der Waals surface area contributed by atoms with E-state index < -0.39 is 0 Å². The van der Waals surface area contributed by atoms with E-state index >= 15 is 0 Å². The summed E-state index contributed by atoms with van der Waals surface area (Å²) in [6, 6.07) is 7.85. The number of fused-ring (bicyclic) bond motifs is 1. The number of hydrogen-bond acceptors (Lipinski definition) is 4. The van der Waals surface area contributed by atoms with Gasteiger partial charge in [-0.2, -0.15) is 0 Å². The fraction of sp³-hybridized carbons (Fsp3) is 0.650. The van der Waals surface area contributed by atoms with Crippen molar-refractivity contribution in [3.8, 4) is 5.75 Å². The third-order valence-electron chi connectivity index (χ3n) is 5.12. The first kappa shape index (κ1) is 17.3. The van der Waals surface area contributed by atoms with E-state index in [0.29, 0.717) is 24.1 Å². The molecule has 0 spiro atoms. The maximum atomic E-state index is 12.3. The van der Waals surface area contributed by atoms with Crippen LogP contribution in [0.3, 0.4) is 0 Å². The van der Waals surface area contributed by atoms with Gasteiger partial charge < -0.3 is 9.47 Å². The van der Waals surface area contributed by atoms with Crippen LogP contribution in [0.15, 0.2) is 24.3 Å². The zero-order valence-electron chi connectivity index (χ0n) is 14.9. The Morgan fingerprint density at radius 2 is 1.88 bits per heavy atom. The fourth-order valence-corrected chi connectivity index (χ4v) is 3.98. The molecule has 0 unspecified atom stereocenters. The van der Waals surface area contributed by atoms with Crippen LogP contribution >= 0.6 is 0 Å². The van der Waals surface area contributed by atoms with Crippen LogP contribution in [0.2, 0.25) is 0 Å². The fourth-order valence-electron chi connectivity index (χ4n) is 3.98. The molecule has 4 heteroatoms. The van der Waals surface area contributed by atoms with Gasteiger partial charge in [0.15, 0.2) is 0 Å². The van der Waals surface area contributed by atoms with E-state index in [1.807, 2.05) is 26.0 Å². The third kappa shape index (κ3) is 4.29. The summed E-state index contributed by atoms with van der Waals surface area (Å²) in [5.41, 5.74) is 0.599. The molecule has 0 aliphatic carbocycles. The van der Waals surface area contributed by atoms with Crippen molar-refractivity contribution in [3.05, 3.63) is 29.8 Å². The normalized spacial score (nSPS) is 24.5. The van der Waals surface area contributed by atoms with Crippen molar-refractivity contribution in [1.29, 1.82) is 0 Å². The largest absolute Gasteiger partial charge is 0.491 e. The molecule has 4 nitrogen and oxygen atoms in total. The predicted molar refractivity (Wildman–Crippen MR) is 94.4 cm³/mol. The summed E-state index contributed by atoms with van der Waals surface area (Å²) in [5, 5.41) is 0. The van der Waals surface area contributed by atoms with Crippen LogP contribution in [-0.2, 0) is 4.74 Å². The average molecular weight is 331 g/mol. The number of rotatable bonds is 5. The zero-order chi connectivity index (χ0) is 16.9. The van der Waals surface area contributed by atoms with Gasteiger partial charge in [-0.15, -0.1) is 0 Å². The molecule has 0 aromatic heterocycles. The Morgan fingerprint density at radius 3 is 2.62 bits per heavy atom. The van der Waals surface area contributed by atoms with E-state index in [4.69, 9.17) is 9.47 Å². The van der Waals surface area contributed by atoms with Crippen LogP contribution in [0.5, 0.6) is 5.75 Å². The van der Waals surface area contributed by atoms with Crippen molar-refractivity contribution in [2.75, 3.05) is 19.7 Å². The molecular weight excluding hydrogens is 302 g/mol. The Bertz CT molecular complexity index is 538. The monoisotopic (exact) mass is 331 g/mol. The number of ether oxygens (including phenoxy) is 2. The van der Waals surface area contributed by atoms with E-state index in [2.05, 4.69) is 4.90 Å². The van der Waals surface area contributed by atoms with Gasteiger partial charge in [0.05, 0.1) is 18.3 Å². The van der Waals surface area contributed by atoms with Gasteiger partial charge in [-0.05, 0) is 76.9 Å². The van der Waals surface area contributed by atoms with Crippen molar-refractivity contribution in [3.63, 3.8) is 0 Å². The molecule has 0 saturated carbocycles. The highest BCUT2D eigenvalue weighted by molar-refractivity contribution is 5.89. The molecule has 3 rings (SSSR count). The number of carbonyl (C=O) groups excluding carboxylic acids is 1. The second-order valence-electron chi connectivity index (χ2n) is 7.29. The standard InChI is InChI=1S/C20H29NO3/c1-15(2)24-18-10-8-16(9-11-18)20(22)23-14-17-6-5-13-21-12-4-3-7-19(17)21/h8-11,15,17,19H,3-7,12-14H2,1-2H3/t17-,19+/m1/s1. The van der Waals surface area contributed by atoms with Crippen LogP contribution in [0.1, 0.15) is 56.3 Å². The second kappa shape index (κ2) is 8.02. The molecule has 132 valence electrons. The summed E-state index contributed by atoms with van der Waals surface area (Å²) in [4.78, 5) is 14.9. The van der Waals surface area contributed by atoms with Gasteiger partial charge in [0.25, 0.3) is 0 Å². The molecule has 1 aromatic carbocycles. The highest BCUT2D eigenvalue weighted by Gasteiger charge is 2.33. The lowest BCUT2D eigenvalue weighted by Gasteiger charge is -2.44. The summed E-state index contributed by atoms with van der Waals surface area (Å²) in [7, 11) is 0. The van der Waals surface area contributed by atoms with E-state index in [1.165, 1.54) is 45.2 Å². The molecule has 0 radical (unpaired) electrons. The topological polar surface area (TPSA) is 38.8 Å². The zero-order valence-corrected chi connectivity index (χ0v) is 14.9. The molecule has 1 aromatic rings. The van der Waals surface area contributed by atoms with Crippen molar-refractivity contribution < 1.29 is 14.3 Å². The van der Waals surface area contributed by atoms with E-state index in [0.717, 1.165) is 5.75 Å². The van der Waals surface area contributed by atoms with E-state index in [-0.39, 0.29) is 12.1 Å². The van der Waals surface area contributed by atoms with Crippen LogP contribution in [0.25, 0.3) is 0 Å². The molecule has 0 N–H and O–H groups in total. The molecular formula is C20H29NO3. The lowest BCUT2D eigenvalue weighted by atomic mass is 9.84. The average Bonchev–Trinajstić information content (AvgIpc) is 2.59. The van der Waals surface area contributed by atoms with Gasteiger partial charge in [0, 0.05) is 12.0 Å². The summed E-state index contributed by atoms with van der Waals surface area (Å²) in [5.74, 6) is 1.05. The number of piperidine rings is 2. The van der Waals surface area contributed by atoms with Crippen LogP contribution in [0, 0.1) is 5.92 Å². The molecule has 2 atom stereocenters. The van der Waals surface area contributed by atoms with Crippen LogP contribution < -0.4 is 4.74 Å². The first-order chi connectivity index (χ1) is 11.6. The number of esters is 1. The van der Waals surface area contributed by atoms with Crippen molar-refractivity contribution >= 4 is 5.97 Å². The Morgan fingerprint density at radius 1 is 1.12 bits per heavy atom. The second-order valence-corrected chi connectivity index (χ2v) is 7.29. The van der Waals surface area contributed by atoms with E-state index in [9.17, 15) is 4.79 Å². The Kier molecular flexibility index (Phi) is 5.77. The molecule has 0 bridgehead atoms. The Balaban J connectivity index is 1.53. The maximum Gasteiger partial charge on any atom is 0.338 e. The van der Waals surface area contributed by atoms with Gasteiger partial charge >= 0.3 is 5.97 Å².